The number of benzene rings is 3. The highest BCUT2D eigenvalue weighted by Crippen LogP contribution is 2.26. The first-order valence-electron chi connectivity index (χ1n) is 20.5. The molecule has 7 heteroatoms. The standard InChI is InChI=1S/C46H62O7/c1-3-4-5-14-19-36(2)52-45(48)41-28-32-43(33-29-41)53-46(49)40-24-22-37(23-25-40)38-26-30-42(31-27-38)50-34-17-11-9-7-6-8-10-12-18-35-51-44(47)39-20-15-13-16-21-39/h22-33,36,39H,3-21,34-35H2,1-2H3/t36-/m1/s1. The Balaban J connectivity index is 1.04. The summed E-state index contributed by atoms with van der Waals surface area (Å²) in [7, 11) is 0. The summed E-state index contributed by atoms with van der Waals surface area (Å²) in [6.45, 7) is 5.39. The second kappa shape index (κ2) is 24.2. The van der Waals surface area contributed by atoms with E-state index in [1.807, 2.05) is 43.3 Å². The molecule has 288 valence electrons. The van der Waals surface area contributed by atoms with E-state index in [2.05, 4.69) is 6.92 Å². The van der Waals surface area contributed by atoms with Crippen molar-refractivity contribution in [3.8, 4) is 22.6 Å². The van der Waals surface area contributed by atoms with Gasteiger partial charge in [0.05, 0.1) is 36.4 Å². The van der Waals surface area contributed by atoms with Crippen molar-refractivity contribution in [2.45, 2.75) is 142 Å². The Morgan fingerprint density at radius 1 is 0.585 bits per heavy atom. The average molecular weight is 727 g/mol. The third-order valence-corrected chi connectivity index (χ3v) is 10.1. The SMILES string of the molecule is CCCCCC[C@@H](C)OC(=O)c1ccc(OC(=O)c2ccc(-c3ccc(OCCCCCCCCCCCOC(=O)C4CCCCC4)cc3)cc2)cc1. The molecule has 1 atom stereocenters. The number of carbonyl (C=O) groups is 3. The number of hydrogen-bond acceptors (Lipinski definition) is 7. The van der Waals surface area contributed by atoms with Gasteiger partial charge in [-0.2, -0.15) is 0 Å². The molecule has 0 saturated heterocycles. The van der Waals surface area contributed by atoms with Gasteiger partial charge in [-0.3, -0.25) is 4.79 Å². The van der Waals surface area contributed by atoms with Crippen molar-refractivity contribution in [2.75, 3.05) is 13.2 Å². The van der Waals surface area contributed by atoms with E-state index in [0.717, 1.165) is 68.2 Å². The number of esters is 3. The first kappa shape index (κ1) is 41.6. The Morgan fingerprint density at radius 3 is 1.72 bits per heavy atom. The maximum absolute atomic E-state index is 12.8. The molecule has 1 fully saturated rings. The molecule has 3 aromatic rings. The van der Waals surface area contributed by atoms with Gasteiger partial charge < -0.3 is 18.9 Å². The molecule has 0 amide bonds. The molecule has 0 aromatic heterocycles. The van der Waals surface area contributed by atoms with E-state index in [0.29, 0.717) is 30.1 Å². The molecule has 3 aromatic carbocycles. The smallest absolute Gasteiger partial charge is 0.343 e. The van der Waals surface area contributed by atoms with Crippen molar-refractivity contribution < 1.29 is 33.3 Å². The Morgan fingerprint density at radius 2 is 1.09 bits per heavy atom. The van der Waals surface area contributed by atoms with Crippen LogP contribution in [0.5, 0.6) is 11.5 Å². The Labute approximate surface area is 318 Å². The maximum atomic E-state index is 12.8. The molecule has 0 radical (unpaired) electrons. The fraction of sp³-hybridized carbons (Fsp3) is 0.543. The van der Waals surface area contributed by atoms with Crippen molar-refractivity contribution in [1.29, 1.82) is 0 Å². The third kappa shape index (κ3) is 15.8. The first-order chi connectivity index (χ1) is 25.9. The van der Waals surface area contributed by atoms with Crippen LogP contribution < -0.4 is 9.47 Å². The fourth-order valence-corrected chi connectivity index (χ4v) is 6.80. The number of rotatable bonds is 24. The zero-order valence-corrected chi connectivity index (χ0v) is 32.3. The minimum Gasteiger partial charge on any atom is -0.494 e. The zero-order valence-electron chi connectivity index (χ0n) is 32.3. The van der Waals surface area contributed by atoms with Crippen LogP contribution in [-0.2, 0) is 14.3 Å². The molecular formula is C46H62O7. The van der Waals surface area contributed by atoms with E-state index in [1.165, 1.54) is 70.6 Å². The average Bonchev–Trinajstić information content (AvgIpc) is 3.19. The van der Waals surface area contributed by atoms with Gasteiger partial charge in [0.2, 0.25) is 0 Å². The summed E-state index contributed by atoms with van der Waals surface area (Å²) >= 11 is 0. The molecule has 0 N–H and O–H groups in total. The van der Waals surface area contributed by atoms with E-state index >= 15 is 0 Å². The molecule has 1 saturated carbocycles. The van der Waals surface area contributed by atoms with Gasteiger partial charge in [-0.05, 0) is 105 Å². The maximum Gasteiger partial charge on any atom is 0.343 e. The van der Waals surface area contributed by atoms with E-state index in [9.17, 15) is 14.4 Å². The van der Waals surface area contributed by atoms with E-state index in [-0.39, 0.29) is 24.0 Å². The summed E-state index contributed by atoms with van der Waals surface area (Å²) in [5, 5.41) is 0. The lowest BCUT2D eigenvalue weighted by atomic mass is 9.89. The topological polar surface area (TPSA) is 88.1 Å². The van der Waals surface area contributed by atoms with E-state index in [1.54, 1.807) is 36.4 Å². The largest absolute Gasteiger partial charge is 0.494 e. The predicted molar refractivity (Wildman–Crippen MR) is 211 cm³/mol. The molecule has 1 aliphatic rings. The highest BCUT2D eigenvalue weighted by atomic mass is 16.5. The van der Waals surface area contributed by atoms with Gasteiger partial charge in [-0.25, -0.2) is 9.59 Å². The van der Waals surface area contributed by atoms with Crippen LogP contribution in [0.1, 0.15) is 157 Å². The quantitative estimate of drug-likeness (QED) is 0.0516. The van der Waals surface area contributed by atoms with Crippen LogP contribution in [-0.4, -0.2) is 37.2 Å². The van der Waals surface area contributed by atoms with Crippen molar-refractivity contribution in [3.05, 3.63) is 83.9 Å². The van der Waals surface area contributed by atoms with Crippen LogP contribution >= 0.6 is 0 Å². The van der Waals surface area contributed by atoms with Crippen molar-refractivity contribution in [2.24, 2.45) is 5.92 Å². The van der Waals surface area contributed by atoms with Crippen LogP contribution in [0.25, 0.3) is 11.1 Å². The molecule has 1 aliphatic carbocycles. The van der Waals surface area contributed by atoms with E-state index in [4.69, 9.17) is 18.9 Å². The molecular weight excluding hydrogens is 664 g/mol. The summed E-state index contributed by atoms with van der Waals surface area (Å²) in [6.07, 6.45) is 21.5. The van der Waals surface area contributed by atoms with Crippen molar-refractivity contribution in [3.63, 3.8) is 0 Å². The van der Waals surface area contributed by atoms with Gasteiger partial charge >= 0.3 is 17.9 Å². The lowest BCUT2D eigenvalue weighted by molar-refractivity contribution is -0.149. The molecule has 0 spiro atoms. The summed E-state index contributed by atoms with van der Waals surface area (Å²) in [4.78, 5) is 37.4. The second-order valence-corrected chi connectivity index (χ2v) is 14.6. The van der Waals surface area contributed by atoms with Crippen LogP contribution in [0.4, 0.5) is 0 Å². The fourth-order valence-electron chi connectivity index (χ4n) is 6.80. The summed E-state index contributed by atoms with van der Waals surface area (Å²) in [6, 6.07) is 21.8. The minimum absolute atomic E-state index is 0.0371. The molecule has 7 nitrogen and oxygen atoms in total. The molecule has 0 aliphatic heterocycles. The van der Waals surface area contributed by atoms with Crippen molar-refractivity contribution in [1.82, 2.24) is 0 Å². The van der Waals surface area contributed by atoms with Crippen LogP contribution in [0.2, 0.25) is 0 Å². The van der Waals surface area contributed by atoms with Crippen LogP contribution in [0, 0.1) is 5.92 Å². The number of unbranched alkanes of at least 4 members (excludes halogenated alkanes) is 11. The van der Waals surface area contributed by atoms with Gasteiger partial charge in [0, 0.05) is 0 Å². The van der Waals surface area contributed by atoms with Gasteiger partial charge in [0.25, 0.3) is 0 Å². The van der Waals surface area contributed by atoms with Gasteiger partial charge in [0.1, 0.15) is 11.5 Å². The van der Waals surface area contributed by atoms with Crippen molar-refractivity contribution >= 4 is 17.9 Å². The first-order valence-corrected chi connectivity index (χ1v) is 20.5. The number of ether oxygens (including phenoxy) is 4. The molecule has 0 unspecified atom stereocenters. The monoisotopic (exact) mass is 726 g/mol. The van der Waals surface area contributed by atoms with Gasteiger partial charge in [-0.1, -0.05) is 115 Å². The van der Waals surface area contributed by atoms with Gasteiger partial charge in [-0.15, -0.1) is 0 Å². The normalized spacial score (nSPS) is 13.6. The molecule has 53 heavy (non-hydrogen) atoms. The number of carbonyl (C=O) groups excluding carboxylic acids is 3. The molecule has 4 rings (SSSR count). The Hall–Kier alpha value is -4.13. The van der Waals surface area contributed by atoms with Crippen LogP contribution in [0.15, 0.2) is 72.8 Å². The lowest BCUT2D eigenvalue weighted by Gasteiger charge is -2.19. The summed E-state index contributed by atoms with van der Waals surface area (Å²) in [5.41, 5.74) is 2.91. The third-order valence-electron chi connectivity index (χ3n) is 10.1. The highest BCUT2D eigenvalue weighted by molar-refractivity contribution is 5.92. The zero-order chi connectivity index (χ0) is 37.5. The highest BCUT2D eigenvalue weighted by Gasteiger charge is 2.22. The van der Waals surface area contributed by atoms with Crippen LogP contribution in [0.3, 0.4) is 0 Å². The Bertz CT molecular complexity index is 1470. The predicted octanol–water partition coefficient (Wildman–Crippen LogP) is 12.1. The summed E-state index contributed by atoms with van der Waals surface area (Å²) in [5.74, 6) is 0.589. The molecule has 0 bridgehead atoms. The molecule has 0 heterocycles. The minimum atomic E-state index is -0.461. The second-order valence-electron chi connectivity index (χ2n) is 14.6. The van der Waals surface area contributed by atoms with E-state index < -0.39 is 5.97 Å². The lowest BCUT2D eigenvalue weighted by Crippen LogP contribution is -2.20. The summed E-state index contributed by atoms with van der Waals surface area (Å²) < 4.78 is 22.6. The van der Waals surface area contributed by atoms with Gasteiger partial charge in [0.15, 0.2) is 0 Å². The number of hydrogen-bond donors (Lipinski definition) is 0. The Kier molecular flexibility index (Phi) is 19.0.